The van der Waals surface area contributed by atoms with Crippen LogP contribution in [-0.2, 0) is 0 Å². The molecule has 8 N–H and O–H groups in total. The summed E-state index contributed by atoms with van der Waals surface area (Å²) in [7, 11) is 0. The fraction of sp³-hybridized carbons (Fsp3) is 0. The van der Waals surface area contributed by atoms with Gasteiger partial charge >= 0.3 is 0 Å². The maximum Gasteiger partial charge on any atom is 0.197 e. The van der Waals surface area contributed by atoms with Crippen molar-refractivity contribution in [2.24, 2.45) is 11.5 Å². The molecule has 0 aliphatic heterocycles. The van der Waals surface area contributed by atoms with Gasteiger partial charge in [0.2, 0.25) is 0 Å². The van der Waals surface area contributed by atoms with Crippen LogP contribution in [0.3, 0.4) is 0 Å². The zero-order chi connectivity index (χ0) is 18.1. The van der Waals surface area contributed by atoms with Crippen LogP contribution in [0.1, 0.15) is 5.56 Å². The number of phenols is 2. The monoisotopic (exact) mass is 335 g/mol. The maximum absolute atomic E-state index is 9.86. The van der Waals surface area contributed by atoms with Gasteiger partial charge in [0.25, 0.3) is 0 Å². The lowest BCUT2D eigenvalue weighted by Crippen LogP contribution is -2.32. The predicted octanol–water partition coefficient (Wildman–Crippen LogP) is 2.57. The van der Waals surface area contributed by atoms with E-state index in [1.165, 1.54) is 23.1 Å². The number of nitrogens with zero attached hydrogens (tertiary/aromatic N) is 1. The molecule has 0 bridgehead atoms. The molecule has 0 amide bonds. The van der Waals surface area contributed by atoms with Crippen LogP contribution in [0, 0.1) is 10.8 Å². The number of aromatic hydroxyl groups is 2. The number of amidine groups is 1. The highest BCUT2D eigenvalue weighted by molar-refractivity contribution is 6.11. The lowest BCUT2D eigenvalue weighted by molar-refractivity contribution is 0.475. The summed E-state index contributed by atoms with van der Waals surface area (Å²) in [4.78, 5) is 1.45. The van der Waals surface area contributed by atoms with Crippen LogP contribution in [0.25, 0.3) is 10.8 Å². The number of hydrogen-bond donors (Lipinski definition) is 6. The lowest BCUT2D eigenvalue weighted by atomic mass is 10.0. The van der Waals surface area contributed by atoms with Crippen LogP contribution in [0.2, 0.25) is 0 Å². The van der Waals surface area contributed by atoms with E-state index in [-0.39, 0.29) is 23.3 Å². The minimum absolute atomic E-state index is 0.0681. The molecular formula is C18H17N5O2. The summed E-state index contributed by atoms with van der Waals surface area (Å²) in [6.07, 6.45) is 0. The fourth-order valence-electron chi connectivity index (χ4n) is 2.68. The van der Waals surface area contributed by atoms with Gasteiger partial charge in [-0.3, -0.25) is 15.7 Å². The Morgan fingerprint density at radius 3 is 2.08 bits per heavy atom. The molecule has 0 fully saturated rings. The van der Waals surface area contributed by atoms with Gasteiger partial charge in [-0.1, -0.05) is 6.07 Å². The summed E-state index contributed by atoms with van der Waals surface area (Å²) < 4.78 is 0. The lowest BCUT2D eigenvalue weighted by Gasteiger charge is -2.25. The number of hydrogen-bond acceptors (Lipinski definition) is 4. The number of guanidine groups is 1. The van der Waals surface area contributed by atoms with Crippen molar-refractivity contribution in [3.05, 3.63) is 60.2 Å². The first-order valence-corrected chi connectivity index (χ1v) is 7.41. The topological polar surface area (TPSA) is 143 Å². The number of rotatable bonds is 3. The van der Waals surface area contributed by atoms with Gasteiger partial charge in [0, 0.05) is 16.6 Å². The Labute approximate surface area is 143 Å². The molecule has 0 aromatic heterocycles. The number of anilines is 2. The first-order chi connectivity index (χ1) is 11.9. The molecule has 0 atom stereocenters. The summed E-state index contributed by atoms with van der Waals surface area (Å²) >= 11 is 0. The molecule has 3 rings (SSSR count). The molecule has 0 spiro atoms. The zero-order valence-electron chi connectivity index (χ0n) is 13.2. The number of fused-ring (bicyclic) bond motifs is 1. The van der Waals surface area contributed by atoms with Gasteiger partial charge in [-0.2, -0.15) is 0 Å². The van der Waals surface area contributed by atoms with E-state index in [0.29, 0.717) is 22.3 Å². The average Bonchev–Trinajstić information content (AvgIpc) is 2.56. The molecule has 0 aliphatic carbocycles. The number of benzene rings is 3. The second kappa shape index (κ2) is 6.04. The molecule has 7 nitrogen and oxygen atoms in total. The molecule has 0 saturated carbocycles. The number of nitrogens with two attached hydrogens (primary N) is 2. The van der Waals surface area contributed by atoms with Crippen LogP contribution < -0.4 is 16.4 Å². The van der Waals surface area contributed by atoms with E-state index in [1.54, 1.807) is 36.4 Å². The van der Waals surface area contributed by atoms with Crippen LogP contribution in [0.15, 0.2) is 54.6 Å². The molecule has 0 heterocycles. The molecule has 0 saturated heterocycles. The fourth-order valence-corrected chi connectivity index (χ4v) is 2.68. The molecule has 0 radical (unpaired) electrons. The summed E-state index contributed by atoms with van der Waals surface area (Å²) in [5.41, 5.74) is 12.9. The molecule has 0 unspecified atom stereocenters. The molecule has 3 aromatic carbocycles. The van der Waals surface area contributed by atoms with Gasteiger partial charge in [0.1, 0.15) is 17.3 Å². The first-order valence-electron chi connectivity index (χ1n) is 7.41. The van der Waals surface area contributed by atoms with Crippen LogP contribution >= 0.6 is 0 Å². The Bertz CT molecular complexity index is 983. The Morgan fingerprint density at radius 2 is 1.48 bits per heavy atom. The zero-order valence-corrected chi connectivity index (χ0v) is 13.2. The summed E-state index contributed by atoms with van der Waals surface area (Å²) in [6, 6.07) is 14.4. The molecule has 25 heavy (non-hydrogen) atoms. The Morgan fingerprint density at radius 1 is 0.840 bits per heavy atom. The average molecular weight is 335 g/mol. The number of nitrogen functional groups attached to an aromatic ring is 1. The van der Waals surface area contributed by atoms with E-state index in [9.17, 15) is 10.2 Å². The summed E-state index contributed by atoms with van der Waals surface area (Å²) in [5, 5.41) is 36.4. The third-order valence-electron chi connectivity index (χ3n) is 3.82. The third kappa shape index (κ3) is 3.02. The minimum Gasteiger partial charge on any atom is -0.508 e. The van der Waals surface area contributed by atoms with E-state index in [4.69, 9.17) is 22.3 Å². The van der Waals surface area contributed by atoms with Gasteiger partial charge in [0.05, 0.1) is 5.69 Å². The summed E-state index contributed by atoms with van der Waals surface area (Å²) in [5.74, 6) is -0.216. The minimum atomic E-state index is -0.254. The van der Waals surface area contributed by atoms with Crippen molar-refractivity contribution < 1.29 is 10.2 Å². The molecular weight excluding hydrogens is 318 g/mol. The summed E-state index contributed by atoms with van der Waals surface area (Å²) in [6.45, 7) is 0. The predicted molar refractivity (Wildman–Crippen MR) is 98.8 cm³/mol. The van der Waals surface area contributed by atoms with Crippen molar-refractivity contribution in [3.8, 4) is 11.5 Å². The second-order valence-electron chi connectivity index (χ2n) is 5.55. The quantitative estimate of drug-likeness (QED) is 0.322. The second-order valence-corrected chi connectivity index (χ2v) is 5.55. The van der Waals surface area contributed by atoms with Gasteiger partial charge in [-0.15, -0.1) is 0 Å². The Hall–Kier alpha value is -3.74. The van der Waals surface area contributed by atoms with E-state index in [0.717, 1.165) is 5.39 Å². The highest BCUT2D eigenvalue weighted by Gasteiger charge is 2.18. The van der Waals surface area contributed by atoms with Crippen molar-refractivity contribution in [1.82, 2.24) is 0 Å². The third-order valence-corrected chi connectivity index (χ3v) is 3.82. The van der Waals surface area contributed by atoms with Crippen molar-refractivity contribution >= 4 is 33.9 Å². The van der Waals surface area contributed by atoms with Crippen molar-refractivity contribution in [2.75, 3.05) is 4.90 Å². The number of nitrogens with one attached hydrogen (secondary N) is 2. The highest BCUT2D eigenvalue weighted by Crippen LogP contribution is 2.35. The van der Waals surface area contributed by atoms with Gasteiger partial charge in [0.15, 0.2) is 5.96 Å². The highest BCUT2D eigenvalue weighted by atomic mass is 16.3. The Kier molecular flexibility index (Phi) is 3.90. The van der Waals surface area contributed by atoms with Gasteiger partial charge < -0.3 is 21.7 Å². The van der Waals surface area contributed by atoms with Crippen molar-refractivity contribution in [1.29, 1.82) is 10.8 Å². The SMILES string of the molecule is N=C(N)c1cc(N(C(=N)N)c2ccc(O)cc2)c2cc(O)ccc2c1. The maximum atomic E-state index is 9.86. The standard InChI is InChI=1S/C18H17N5O2/c19-17(20)11-7-10-1-4-14(25)9-15(10)16(8-11)23(18(21)22)12-2-5-13(24)6-3-12/h1-9,24-25H,(H3,19,20)(H3,21,22). The normalized spacial score (nSPS) is 10.6. The van der Waals surface area contributed by atoms with Crippen LogP contribution in [0.4, 0.5) is 11.4 Å². The molecule has 0 aliphatic rings. The van der Waals surface area contributed by atoms with Gasteiger partial charge in [-0.05, 0) is 53.9 Å². The van der Waals surface area contributed by atoms with E-state index >= 15 is 0 Å². The van der Waals surface area contributed by atoms with Crippen molar-refractivity contribution in [2.45, 2.75) is 0 Å². The van der Waals surface area contributed by atoms with Gasteiger partial charge in [-0.25, -0.2) is 0 Å². The first kappa shape index (κ1) is 16.1. The smallest absolute Gasteiger partial charge is 0.197 e. The molecule has 7 heteroatoms. The van der Waals surface area contributed by atoms with Crippen molar-refractivity contribution in [3.63, 3.8) is 0 Å². The molecule has 3 aromatic rings. The van der Waals surface area contributed by atoms with E-state index in [1.807, 2.05) is 0 Å². The Balaban J connectivity index is 2.32. The van der Waals surface area contributed by atoms with Crippen LogP contribution in [0.5, 0.6) is 11.5 Å². The van der Waals surface area contributed by atoms with E-state index in [2.05, 4.69) is 0 Å². The van der Waals surface area contributed by atoms with Crippen LogP contribution in [-0.4, -0.2) is 22.0 Å². The largest absolute Gasteiger partial charge is 0.508 e. The number of phenolic OH excluding ortho intramolecular Hbond substituents is 2. The molecule has 126 valence electrons. The van der Waals surface area contributed by atoms with E-state index < -0.39 is 0 Å².